The highest BCUT2D eigenvalue weighted by molar-refractivity contribution is 6.24. The summed E-state index contributed by atoms with van der Waals surface area (Å²) in [7, 11) is 0. The fraction of sp³-hybridized carbons (Fsp3) is 0.0541. The van der Waals surface area contributed by atoms with Gasteiger partial charge in [-0.05, 0) is 28.8 Å². The van der Waals surface area contributed by atoms with Crippen LogP contribution >= 0.6 is 0 Å². The zero-order valence-electron chi connectivity index (χ0n) is 24.8. The normalized spacial score (nSPS) is 10.1. The van der Waals surface area contributed by atoms with E-state index in [9.17, 15) is 14.4 Å². The molecular formula is C37H31N3O5. The maximum absolute atomic E-state index is 11.9. The third-order valence-electron chi connectivity index (χ3n) is 5.52. The Labute approximate surface area is 262 Å². The van der Waals surface area contributed by atoms with Gasteiger partial charge in [0.05, 0.1) is 11.1 Å². The van der Waals surface area contributed by atoms with Crippen molar-refractivity contribution in [2.75, 3.05) is 5.32 Å². The van der Waals surface area contributed by atoms with E-state index >= 15 is 0 Å². The number of carbonyl (C=O) groups excluding carboxylic acids is 3. The van der Waals surface area contributed by atoms with Gasteiger partial charge in [0.15, 0.2) is 0 Å². The minimum Gasteiger partial charge on any atom is -0.433 e. The highest BCUT2D eigenvalue weighted by Gasteiger charge is 2.08. The second-order valence-corrected chi connectivity index (χ2v) is 8.90. The molecule has 0 bridgehead atoms. The first-order valence-corrected chi connectivity index (χ1v) is 13.5. The highest BCUT2D eigenvalue weighted by Crippen LogP contribution is 2.15. The second kappa shape index (κ2) is 19.6. The summed E-state index contributed by atoms with van der Waals surface area (Å²) in [4.78, 5) is 32.9. The van der Waals surface area contributed by atoms with Gasteiger partial charge in [-0.3, -0.25) is 14.4 Å². The molecule has 4 rings (SSSR count). The van der Waals surface area contributed by atoms with Crippen molar-refractivity contribution in [1.82, 2.24) is 0 Å². The van der Waals surface area contributed by atoms with Crippen molar-refractivity contribution in [3.63, 3.8) is 0 Å². The monoisotopic (exact) mass is 597 g/mol. The van der Waals surface area contributed by atoms with E-state index in [-0.39, 0.29) is 5.91 Å². The maximum atomic E-state index is 11.9. The molecule has 0 aromatic heterocycles. The molecule has 8 nitrogen and oxygen atoms in total. The number of hydrogen-bond donors (Lipinski definition) is 1. The number of carbonyl (C=O) groups is 3. The van der Waals surface area contributed by atoms with Crippen LogP contribution in [0.15, 0.2) is 140 Å². The summed E-state index contributed by atoms with van der Waals surface area (Å²) in [5.74, 6) is -1.05. The smallest absolute Gasteiger partial charge is 0.307 e. The topological polar surface area (TPSA) is 129 Å². The molecule has 0 spiro atoms. The Hall–Kier alpha value is -6.51. The molecule has 4 aromatic rings. The van der Waals surface area contributed by atoms with E-state index in [1.54, 1.807) is 24.3 Å². The minimum absolute atomic E-state index is 0.178. The van der Waals surface area contributed by atoms with Gasteiger partial charge in [0.25, 0.3) is 5.91 Å². The Morgan fingerprint density at radius 1 is 0.600 bits per heavy atom. The van der Waals surface area contributed by atoms with Gasteiger partial charge < -0.3 is 14.8 Å². The minimum atomic E-state index is -0.436. The lowest BCUT2D eigenvalue weighted by Gasteiger charge is -2.07. The van der Waals surface area contributed by atoms with Crippen molar-refractivity contribution >= 4 is 40.3 Å². The van der Waals surface area contributed by atoms with Crippen LogP contribution in [-0.2, 0) is 23.9 Å². The summed E-state index contributed by atoms with van der Waals surface area (Å²) in [6.45, 7) is 6.39. The Kier molecular flexibility index (Phi) is 15.1. The van der Waals surface area contributed by atoms with Crippen LogP contribution in [0.5, 0.6) is 0 Å². The number of benzene rings is 4. The standard InChI is InChI=1S/C15H13NO.2C11H9NO2/c1-12(13-8-4-2-5-9-13)15(17)16-14-10-6-3-7-11-14;2*1-9(13)14-8-11(7-12)10-5-3-2-4-6-10/h2-11H,1H2,(H,16,17);2*2-6,8H,1H3/b;11-8+;11-8-. The summed E-state index contributed by atoms with van der Waals surface area (Å²) < 4.78 is 9.25. The molecule has 8 heteroatoms. The number of para-hydroxylation sites is 1. The molecule has 0 atom stereocenters. The molecule has 0 fully saturated rings. The lowest BCUT2D eigenvalue weighted by Crippen LogP contribution is -2.12. The van der Waals surface area contributed by atoms with Crippen LogP contribution in [0, 0.1) is 22.7 Å². The van der Waals surface area contributed by atoms with Gasteiger partial charge in [-0.15, -0.1) is 0 Å². The van der Waals surface area contributed by atoms with Crippen LogP contribution in [-0.4, -0.2) is 17.8 Å². The third-order valence-corrected chi connectivity index (χ3v) is 5.52. The average Bonchev–Trinajstić information content (AvgIpc) is 3.07. The molecule has 0 heterocycles. The zero-order valence-corrected chi connectivity index (χ0v) is 24.8. The third kappa shape index (κ3) is 13.3. The first kappa shape index (κ1) is 34.7. The van der Waals surface area contributed by atoms with Crippen LogP contribution < -0.4 is 5.32 Å². The molecule has 45 heavy (non-hydrogen) atoms. The Balaban J connectivity index is 0.000000237. The quantitative estimate of drug-likeness (QED) is 0.101. The van der Waals surface area contributed by atoms with E-state index in [0.717, 1.165) is 34.9 Å². The van der Waals surface area contributed by atoms with E-state index in [2.05, 4.69) is 21.4 Å². The highest BCUT2D eigenvalue weighted by atomic mass is 16.5. The molecule has 0 aliphatic heterocycles. The molecule has 0 saturated heterocycles. The number of hydrogen-bond acceptors (Lipinski definition) is 7. The maximum Gasteiger partial charge on any atom is 0.307 e. The molecule has 1 amide bonds. The molecule has 0 saturated carbocycles. The van der Waals surface area contributed by atoms with Gasteiger partial charge in [0.1, 0.15) is 24.7 Å². The van der Waals surface area contributed by atoms with E-state index < -0.39 is 11.9 Å². The summed E-state index contributed by atoms with van der Waals surface area (Å²) in [6.07, 6.45) is 2.33. The fourth-order valence-corrected chi connectivity index (χ4v) is 3.34. The zero-order chi connectivity index (χ0) is 32.9. The van der Waals surface area contributed by atoms with Gasteiger partial charge >= 0.3 is 11.9 Å². The Morgan fingerprint density at radius 2 is 0.933 bits per heavy atom. The lowest BCUT2D eigenvalue weighted by molar-refractivity contribution is -0.136. The van der Waals surface area contributed by atoms with Crippen molar-refractivity contribution in [2.45, 2.75) is 13.8 Å². The largest absolute Gasteiger partial charge is 0.433 e. The van der Waals surface area contributed by atoms with Crippen LogP contribution in [0.25, 0.3) is 16.7 Å². The first-order valence-electron chi connectivity index (χ1n) is 13.5. The molecule has 0 aliphatic carbocycles. The molecule has 0 aliphatic rings. The van der Waals surface area contributed by atoms with Gasteiger partial charge in [-0.1, -0.05) is 116 Å². The van der Waals surface area contributed by atoms with Crippen LogP contribution in [0.3, 0.4) is 0 Å². The van der Waals surface area contributed by atoms with Crippen LogP contribution in [0.1, 0.15) is 30.5 Å². The van der Waals surface area contributed by atoms with Gasteiger partial charge in [-0.2, -0.15) is 10.5 Å². The number of amides is 1. The van der Waals surface area contributed by atoms with E-state index in [0.29, 0.717) is 16.7 Å². The average molecular weight is 598 g/mol. The summed E-state index contributed by atoms with van der Waals surface area (Å²) >= 11 is 0. The fourth-order valence-electron chi connectivity index (χ4n) is 3.34. The van der Waals surface area contributed by atoms with Gasteiger partial charge in [0, 0.05) is 25.1 Å². The lowest BCUT2D eigenvalue weighted by atomic mass is 10.1. The summed E-state index contributed by atoms with van der Waals surface area (Å²) in [5.41, 5.74) is 4.21. The van der Waals surface area contributed by atoms with Crippen LogP contribution in [0.4, 0.5) is 5.69 Å². The van der Waals surface area contributed by atoms with Gasteiger partial charge in [-0.25, -0.2) is 0 Å². The molecule has 224 valence electrons. The number of rotatable bonds is 7. The van der Waals surface area contributed by atoms with Crippen molar-refractivity contribution < 1.29 is 23.9 Å². The SMILES string of the molecule is C=C(C(=O)Nc1ccccc1)c1ccccc1.CC(=O)O/C=C(/C#N)c1ccccc1.CC(=O)O/C=C(\C#N)c1ccccc1. The molecular weight excluding hydrogens is 566 g/mol. The molecule has 4 aromatic carbocycles. The van der Waals surface area contributed by atoms with Crippen molar-refractivity contribution in [2.24, 2.45) is 0 Å². The Bertz CT molecular complexity index is 1620. The number of nitrogens with one attached hydrogen (secondary N) is 1. The first-order chi connectivity index (χ1) is 21.7. The number of esters is 2. The van der Waals surface area contributed by atoms with Crippen molar-refractivity contribution in [3.8, 4) is 12.1 Å². The van der Waals surface area contributed by atoms with Gasteiger partial charge in [0.2, 0.25) is 0 Å². The number of ether oxygens (including phenoxy) is 2. The van der Waals surface area contributed by atoms with E-state index in [1.807, 2.05) is 109 Å². The second-order valence-electron chi connectivity index (χ2n) is 8.90. The predicted octanol–water partition coefficient (Wildman–Crippen LogP) is 7.57. The number of anilines is 1. The van der Waals surface area contributed by atoms with Crippen molar-refractivity contribution in [3.05, 3.63) is 157 Å². The molecule has 0 radical (unpaired) electrons. The Morgan fingerprint density at radius 3 is 1.27 bits per heavy atom. The predicted molar refractivity (Wildman–Crippen MR) is 174 cm³/mol. The van der Waals surface area contributed by atoms with Crippen molar-refractivity contribution in [1.29, 1.82) is 10.5 Å². The van der Waals surface area contributed by atoms with Crippen LogP contribution in [0.2, 0.25) is 0 Å². The summed E-state index contributed by atoms with van der Waals surface area (Å²) in [5, 5.41) is 20.4. The van der Waals surface area contributed by atoms with E-state index in [4.69, 9.17) is 10.5 Å². The number of allylic oxidation sites excluding steroid dienone is 2. The number of nitriles is 2. The van der Waals surface area contributed by atoms with E-state index in [1.165, 1.54) is 13.8 Å². The number of nitrogens with zero attached hydrogens (tertiary/aromatic N) is 2. The molecule has 0 unspecified atom stereocenters. The molecule has 1 N–H and O–H groups in total. The summed E-state index contributed by atoms with van der Waals surface area (Å²) in [6, 6.07) is 40.7.